The first-order valence-electron chi connectivity index (χ1n) is 5.82. The number of nitrogens with two attached hydrogens (primary N) is 1. The van der Waals surface area contributed by atoms with Crippen molar-refractivity contribution in [2.45, 2.75) is 6.42 Å². The van der Waals surface area contributed by atoms with E-state index in [4.69, 9.17) is 10.2 Å². The Morgan fingerprint density at radius 3 is 2.50 bits per heavy atom. The second-order valence-electron chi connectivity index (χ2n) is 4.35. The molecule has 0 atom stereocenters. The summed E-state index contributed by atoms with van der Waals surface area (Å²) in [5, 5.41) is 0. The van der Waals surface area contributed by atoms with E-state index in [-0.39, 0.29) is 0 Å². The zero-order valence-electron chi connectivity index (χ0n) is 10.2. The van der Waals surface area contributed by atoms with Crippen molar-refractivity contribution in [3.8, 4) is 0 Å². The highest BCUT2D eigenvalue weighted by molar-refractivity contribution is 9.11. The molecule has 3 rings (SSSR count). The van der Waals surface area contributed by atoms with E-state index >= 15 is 0 Å². The number of halogens is 3. The normalized spacial score (nSPS) is 11.2. The SMILES string of the molecule is Nc1c(Br)cc2nc(Cc3ccc(Br)cc3)oc2c1Br. The summed E-state index contributed by atoms with van der Waals surface area (Å²) in [5.74, 6) is 0.667. The van der Waals surface area contributed by atoms with E-state index < -0.39 is 0 Å². The van der Waals surface area contributed by atoms with Gasteiger partial charge in [-0.05, 0) is 55.6 Å². The Morgan fingerprint density at radius 2 is 1.80 bits per heavy atom. The fourth-order valence-corrected chi connectivity index (χ4v) is 3.35. The summed E-state index contributed by atoms with van der Waals surface area (Å²) in [6.45, 7) is 0. The van der Waals surface area contributed by atoms with Crippen molar-refractivity contribution in [2.24, 2.45) is 0 Å². The van der Waals surface area contributed by atoms with Crippen LogP contribution < -0.4 is 5.73 Å². The predicted octanol–water partition coefficient (Wildman–Crippen LogP) is 5.29. The summed E-state index contributed by atoms with van der Waals surface area (Å²) in [6.07, 6.45) is 0.645. The minimum absolute atomic E-state index is 0.615. The molecule has 20 heavy (non-hydrogen) atoms. The summed E-state index contributed by atoms with van der Waals surface area (Å²) in [7, 11) is 0. The van der Waals surface area contributed by atoms with Crippen molar-refractivity contribution in [1.29, 1.82) is 0 Å². The zero-order chi connectivity index (χ0) is 14.3. The molecule has 0 bridgehead atoms. The van der Waals surface area contributed by atoms with Crippen LogP contribution in [0.4, 0.5) is 5.69 Å². The number of oxazole rings is 1. The van der Waals surface area contributed by atoms with Gasteiger partial charge in [-0.15, -0.1) is 0 Å². The number of nitrogens with zero attached hydrogens (tertiary/aromatic N) is 1. The molecule has 3 aromatic rings. The van der Waals surface area contributed by atoms with Crippen LogP contribution >= 0.6 is 47.8 Å². The lowest BCUT2D eigenvalue weighted by Gasteiger charge is -2.00. The number of anilines is 1. The molecule has 102 valence electrons. The minimum atomic E-state index is 0.615. The second-order valence-corrected chi connectivity index (χ2v) is 6.91. The lowest BCUT2D eigenvalue weighted by molar-refractivity contribution is 0.543. The Labute approximate surface area is 140 Å². The third kappa shape index (κ3) is 2.64. The molecule has 1 aromatic heterocycles. The molecular formula is C14H9Br3N2O. The van der Waals surface area contributed by atoms with E-state index in [1.807, 2.05) is 30.3 Å². The van der Waals surface area contributed by atoms with E-state index in [1.54, 1.807) is 0 Å². The first-order valence-corrected chi connectivity index (χ1v) is 8.20. The first-order chi connectivity index (χ1) is 9.54. The maximum absolute atomic E-state index is 5.94. The van der Waals surface area contributed by atoms with Gasteiger partial charge in [0.05, 0.1) is 10.2 Å². The van der Waals surface area contributed by atoms with E-state index in [2.05, 4.69) is 52.8 Å². The fourth-order valence-electron chi connectivity index (χ4n) is 1.91. The fraction of sp³-hybridized carbons (Fsp3) is 0.0714. The molecule has 0 aliphatic carbocycles. The number of hydrogen-bond acceptors (Lipinski definition) is 3. The molecule has 3 nitrogen and oxygen atoms in total. The number of benzene rings is 2. The van der Waals surface area contributed by atoms with Crippen molar-refractivity contribution in [2.75, 3.05) is 5.73 Å². The van der Waals surface area contributed by atoms with Gasteiger partial charge in [0.25, 0.3) is 0 Å². The third-order valence-corrected chi connectivity index (χ3v) is 4.89. The zero-order valence-corrected chi connectivity index (χ0v) is 14.9. The lowest BCUT2D eigenvalue weighted by atomic mass is 10.1. The minimum Gasteiger partial charge on any atom is -0.439 e. The highest BCUT2D eigenvalue weighted by Crippen LogP contribution is 2.36. The molecule has 0 amide bonds. The average molecular weight is 461 g/mol. The summed E-state index contributed by atoms with van der Waals surface area (Å²) in [5.41, 5.74) is 9.16. The van der Waals surface area contributed by atoms with Gasteiger partial charge < -0.3 is 10.2 Å². The van der Waals surface area contributed by atoms with Crippen molar-refractivity contribution in [3.05, 3.63) is 55.2 Å². The summed E-state index contributed by atoms with van der Waals surface area (Å²) in [6, 6.07) is 9.95. The van der Waals surface area contributed by atoms with Crippen LogP contribution in [-0.2, 0) is 6.42 Å². The highest BCUT2D eigenvalue weighted by atomic mass is 79.9. The van der Waals surface area contributed by atoms with Crippen molar-refractivity contribution < 1.29 is 4.42 Å². The third-order valence-electron chi connectivity index (χ3n) is 2.92. The Kier molecular flexibility index (Phi) is 3.88. The highest BCUT2D eigenvalue weighted by Gasteiger charge is 2.14. The van der Waals surface area contributed by atoms with Crippen LogP contribution in [0, 0.1) is 0 Å². The standard InChI is InChI=1S/C14H9Br3N2O/c15-8-3-1-7(2-4-8)5-11-19-10-6-9(16)13(18)12(17)14(10)20-11/h1-4,6H,5,18H2. The monoisotopic (exact) mass is 458 g/mol. The van der Waals surface area contributed by atoms with Gasteiger partial charge in [-0.3, -0.25) is 0 Å². The van der Waals surface area contributed by atoms with Crippen molar-refractivity contribution in [1.82, 2.24) is 4.98 Å². The molecule has 2 N–H and O–H groups in total. The maximum atomic E-state index is 5.94. The van der Waals surface area contributed by atoms with E-state index in [0.29, 0.717) is 23.6 Å². The molecule has 2 aromatic carbocycles. The molecule has 1 heterocycles. The Morgan fingerprint density at radius 1 is 1.10 bits per heavy atom. The molecule has 0 saturated carbocycles. The first kappa shape index (κ1) is 14.1. The van der Waals surface area contributed by atoms with Crippen LogP contribution in [0.15, 0.2) is 48.2 Å². The van der Waals surface area contributed by atoms with Crippen LogP contribution in [0.5, 0.6) is 0 Å². The average Bonchev–Trinajstić information content (AvgIpc) is 2.81. The van der Waals surface area contributed by atoms with Gasteiger partial charge in [0.1, 0.15) is 5.52 Å². The van der Waals surface area contributed by atoms with Gasteiger partial charge in [0.2, 0.25) is 0 Å². The molecule has 6 heteroatoms. The van der Waals surface area contributed by atoms with Crippen LogP contribution in [0.25, 0.3) is 11.1 Å². The number of fused-ring (bicyclic) bond motifs is 1. The number of rotatable bonds is 2. The molecular weight excluding hydrogens is 452 g/mol. The Bertz CT molecular complexity index is 781. The van der Waals surface area contributed by atoms with E-state index in [1.165, 1.54) is 0 Å². The van der Waals surface area contributed by atoms with Gasteiger partial charge in [-0.25, -0.2) is 4.98 Å². The van der Waals surface area contributed by atoms with Crippen LogP contribution in [0.2, 0.25) is 0 Å². The van der Waals surface area contributed by atoms with Gasteiger partial charge >= 0.3 is 0 Å². The van der Waals surface area contributed by atoms with Crippen LogP contribution in [0.3, 0.4) is 0 Å². The van der Waals surface area contributed by atoms with Gasteiger partial charge in [-0.2, -0.15) is 0 Å². The van der Waals surface area contributed by atoms with Crippen molar-refractivity contribution >= 4 is 64.6 Å². The molecule has 0 radical (unpaired) electrons. The molecule has 0 aliphatic heterocycles. The van der Waals surface area contributed by atoms with Crippen LogP contribution in [-0.4, -0.2) is 4.98 Å². The summed E-state index contributed by atoms with van der Waals surface area (Å²) < 4.78 is 8.39. The smallest absolute Gasteiger partial charge is 0.199 e. The molecule has 0 unspecified atom stereocenters. The second kappa shape index (κ2) is 5.50. The predicted molar refractivity (Wildman–Crippen MR) is 90.8 cm³/mol. The van der Waals surface area contributed by atoms with Gasteiger partial charge in [0.15, 0.2) is 11.5 Å². The number of nitrogen functional groups attached to an aromatic ring is 1. The van der Waals surface area contributed by atoms with Gasteiger partial charge in [-0.1, -0.05) is 28.1 Å². The lowest BCUT2D eigenvalue weighted by Crippen LogP contribution is -1.88. The summed E-state index contributed by atoms with van der Waals surface area (Å²) in [4.78, 5) is 4.50. The largest absolute Gasteiger partial charge is 0.439 e. The number of hydrogen-bond donors (Lipinski definition) is 1. The van der Waals surface area contributed by atoms with Crippen molar-refractivity contribution in [3.63, 3.8) is 0 Å². The van der Waals surface area contributed by atoms with Crippen LogP contribution in [0.1, 0.15) is 11.5 Å². The molecule has 0 aliphatic rings. The van der Waals surface area contributed by atoms with Gasteiger partial charge in [0, 0.05) is 15.4 Å². The molecule has 0 spiro atoms. The summed E-state index contributed by atoms with van der Waals surface area (Å²) >= 11 is 10.3. The van der Waals surface area contributed by atoms with E-state index in [0.717, 1.165) is 24.5 Å². The maximum Gasteiger partial charge on any atom is 0.199 e. The topological polar surface area (TPSA) is 52.0 Å². The quantitative estimate of drug-likeness (QED) is 0.529. The Balaban J connectivity index is 2.01. The number of aromatic nitrogens is 1. The molecule has 0 fully saturated rings. The van der Waals surface area contributed by atoms with E-state index in [9.17, 15) is 0 Å². The Hall–Kier alpha value is -0.850. The molecule has 0 saturated heterocycles.